The van der Waals surface area contributed by atoms with Crippen LogP contribution in [-0.4, -0.2) is 13.1 Å². The van der Waals surface area contributed by atoms with Gasteiger partial charge in [0.15, 0.2) is 0 Å². The van der Waals surface area contributed by atoms with Crippen LogP contribution >= 0.6 is 11.6 Å². The molecule has 0 aromatic heterocycles. The SMILES string of the molecule is Cc1ccc(N(CCC#N)CC(C)C)c(CCl)c1. The Balaban J connectivity index is 2.99. The molecular formula is C15H21ClN2. The van der Waals surface area contributed by atoms with E-state index in [0.29, 0.717) is 18.2 Å². The highest BCUT2D eigenvalue weighted by atomic mass is 35.5. The molecule has 0 atom stereocenters. The Labute approximate surface area is 115 Å². The second-order valence-electron chi connectivity index (χ2n) is 5.01. The molecule has 0 bridgehead atoms. The molecule has 98 valence electrons. The van der Waals surface area contributed by atoms with Crippen molar-refractivity contribution in [2.24, 2.45) is 5.92 Å². The Kier molecular flexibility index (Phi) is 6.01. The summed E-state index contributed by atoms with van der Waals surface area (Å²) in [6.07, 6.45) is 0.544. The van der Waals surface area contributed by atoms with Gasteiger partial charge in [-0.2, -0.15) is 5.26 Å². The average molecular weight is 265 g/mol. The van der Waals surface area contributed by atoms with Crippen molar-refractivity contribution in [3.63, 3.8) is 0 Å². The first-order chi connectivity index (χ1) is 8.58. The molecule has 1 aromatic carbocycles. The highest BCUT2D eigenvalue weighted by Crippen LogP contribution is 2.24. The summed E-state index contributed by atoms with van der Waals surface area (Å²) in [4.78, 5) is 2.27. The van der Waals surface area contributed by atoms with Crippen LogP contribution < -0.4 is 4.90 Å². The molecule has 0 saturated heterocycles. The van der Waals surface area contributed by atoms with E-state index >= 15 is 0 Å². The molecule has 3 heteroatoms. The van der Waals surface area contributed by atoms with Gasteiger partial charge in [-0.05, 0) is 24.5 Å². The number of hydrogen-bond donors (Lipinski definition) is 0. The number of hydrogen-bond acceptors (Lipinski definition) is 2. The van der Waals surface area contributed by atoms with Crippen LogP contribution in [0.3, 0.4) is 0 Å². The van der Waals surface area contributed by atoms with E-state index in [1.54, 1.807) is 0 Å². The molecule has 0 amide bonds. The number of alkyl halides is 1. The number of anilines is 1. The van der Waals surface area contributed by atoms with E-state index in [0.717, 1.165) is 18.7 Å². The standard InChI is InChI=1S/C15H21ClN2/c1-12(2)11-18(8-4-7-17)15-6-5-13(3)9-14(15)10-16/h5-6,9,12H,4,8,10-11H2,1-3H3. The maximum absolute atomic E-state index is 8.76. The Morgan fingerprint density at radius 1 is 1.39 bits per heavy atom. The normalized spacial score (nSPS) is 10.4. The summed E-state index contributed by atoms with van der Waals surface area (Å²) in [5.74, 6) is 1.08. The van der Waals surface area contributed by atoms with E-state index in [2.05, 4.69) is 49.9 Å². The lowest BCUT2D eigenvalue weighted by atomic mass is 10.1. The van der Waals surface area contributed by atoms with Crippen LogP contribution in [0.1, 0.15) is 31.4 Å². The zero-order chi connectivity index (χ0) is 13.5. The quantitative estimate of drug-likeness (QED) is 0.723. The summed E-state index contributed by atoms with van der Waals surface area (Å²) in [5, 5.41) is 8.76. The van der Waals surface area contributed by atoms with Crippen LogP contribution in [0, 0.1) is 24.2 Å². The number of halogens is 1. The first kappa shape index (κ1) is 14.9. The first-order valence-corrected chi connectivity index (χ1v) is 6.89. The van der Waals surface area contributed by atoms with Crippen molar-refractivity contribution >= 4 is 17.3 Å². The fraction of sp³-hybridized carbons (Fsp3) is 0.533. The zero-order valence-electron chi connectivity index (χ0n) is 11.4. The fourth-order valence-electron chi connectivity index (χ4n) is 2.07. The summed E-state index contributed by atoms with van der Waals surface area (Å²) in [6.45, 7) is 8.17. The molecule has 1 aromatic rings. The van der Waals surface area contributed by atoms with E-state index < -0.39 is 0 Å². The van der Waals surface area contributed by atoms with Crippen LogP contribution in [0.25, 0.3) is 0 Å². The number of nitriles is 1. The number of aryl methyl sites for hydroxylation is 1. The summed E-state index contributed by atoms with van der Waals surface area (Å²) in [7, 11) is 0. The lowest BCUT2D eigenvalue weighted by molar-refractivity contribution is 0.611. The maximum Gasteiger partial charge on any atom is 0.0640 e. The topological polar surface area (TPSA) is 27.0 Å². The second-order valence-corrected chi connectivity index (χ2v) is 5.28. The van der Waals surface area contributed by atoms with Gasteiger partial charge < -0.3 is 4.90 Å². The van der Waals surface area contributed by atoms with Gasteiger partial charge in [0.2, 0.25) is 0 Å². The third-order valence-corrected chi connectivity index (χ3v) is 3.09. The molecule has 1 rings (SSSR count). The summed E-state index contributed by atoms with van der Waals surface area (Å²) < 4.78 is 0. The number of benzene rings is 1. The Morgan fingerprint density at radius 2 is 2.11 bits per heavy atom. The van der Waals surface area contributed by atoms with Gasteiger partial charge in [-0.25, -0.2) is 0 Å². The fourth-order valence-corrected chi connectivity index (χ4v) is 2.28. The first-order valence-electron chi connectivity index (χ1n) is 6.36. The van der Waals surface area contributed by atoms with Crippen LogP contribution in [0.2, 0.25) is 0 Å². The summed E-state index contributed by atoms with van der Waals surface area (Å²) >= 11 is 6.03. The molecule has 0 aliphatic rings. The minimum absolute atomic E-state index is 0.512. The molecule has 0 aliphatic carbocycles. The largest absolute Gasteiger partial charge is 0.370 e. The Bertz CT molecular complexity index is 421. The summed E-state index contributed by atoms with van der Waals surface area (Å²) in [6, 6.07) is 8.56. The molecule has 0 radical (unpaired) electrons. The molecule has 0 unspecified atom stereocenters. The Hall–Kier alpha value is -1.20. The van der Waals surface area contributed by atoms with Crippen molar-refractivity contribution in [1.82, 2.24) is 0 Å². The van der Waals surface area contributed by atoms with Crippen molar-refractivity contribution in [3.05, 3.63) is 29.3 Å². The summed E-state index contributed by atoms with van der Waals surface area (Å²) in [5.41, 5.74) is 3.54. The van der Waals surface area contributed by atoms with Crippen molar-refractivity contribution in [2.45, 2.75) is 33.1 Å². The van der Waals surface area contributed by atoms with Gasteiger partial charge in [0.05, 0.1) is 12.5 Å². The van der Waals surface area contributed by atoms with E-state index in [1.807, 2.05) is 0 Å². The number of rotatable bonds is 6. The monoisotopic (exact) mass is 264 g/mol. The number of nitrogens with zero attached hydrogens (tertiary/aromatic N) is 2. The molecule has 0 fully saturated rings. The molecule has 0 spiro atoms. The van der Waals surface area contributed by atoms with Gasteiger partial charge in [-0.15, -0.1) is 11.6 Å². The van der Waals surface area contributed by atoms with Crippen molar-refractivity contribution < 1.29 is 0 Å². The average Bonchev–Trinajstić information content (AvgIpc) is 2.34. The van der Waals surface area contributed by atoms with Crippen LogP contribution in [-0.2, 0) is 5.88 Å². The molecule has 2 nitrogen and oxygen atoms in total. The van der Waals surface area contributed by atoms with Gasteiger partial charge >= 0.3 is 0 Å². The lowest BCUT2D eigenvalue weighted by Crippen LogP contribution is -2.29. The van der Waals surface area contributed by atoms with Crippen LogP contribution in [0.4, 0.5) is 5.69 Å². The molecule has 0 heterocycles. The molecule has 18 heavy (non-hydrogen) atoms. The minimum atomic E-state index is 0.512. The zero-order valence-corrected chi connectivity index (χ0v) is 12.2. The second kappa shape index (κ2) is 7.28. The van der Waals surface area contributed by atoms with Gasteiger partial charge in [0.1, 0.15) is 0 Å². The van der Waals surface area contributed by atoms with E-state index in [1.165, 1.54) is 11.3 Å². The van der Waals surface area contributed by atoms with Gasteiger partial charge in [0.25, 0.3) is 0 Å². The predicted octanol–water partition coefficient (Wildman–Crippen LogP) is 4.11. The van der Waals surface area contributed by atoms with Gasteiger partial charge in [-0.3, -0.25) is 0 Å². The van der Waals surface area contributed by atoms with Crippen LogP contribution in [0.5, 0.6) is 0 Å². The van der Waals surface area contributed by atoms with Crippen molar-refractivity contribution in [3.8, 4) is 6.07 Å². The molecule has 0 N–H and O–H groups in total. The van der Waals surface area contributed by atoms with E-state index in [-0.39, 0.29) is 0 Å². The predicted molar refractivity (Wildman–Crippen MR) is 78.0 cm³/mol. The van der Waals surface area contributed by atoms with E-state index in [9.17, 15) is 0 Å². The van der Waals surface area contributed by atoms with Gasteiger partial charge in [-0.1, -0.05) is 31.5 Å². The molecule has 0 aliphatic heterocycles. The highest BCUT2D eigenvalue weighted by Gasteiger charge is 2.12. The van der Waals surface area contributed by atoms with Crippen molar-refractivity contribution in [2.75, 3.05) is 18.0 Å². The van der Waals surface area contributed by atoms with Crippen molar-refractivity contribution in [1.29, 1.82) is 5.26 Å². The smallest absolute Gasteiger partial charge is 0.0640 e. The van der Waals surface area contributed by atoms with E-state index in [4.69, 9.17) is 16.9 Å². The third kappa shape index (κ3) is 4.23. The van der Waals surface area contributed by atoms with Gasteiger partial charge in [0, 0.05) is 24.7 Å². The molecular weight excluding hydrogens is 244 g/mol. The Morgan fingerprint density at radius 3 is 2.67 bits per heavy atom. The maximum atomic E-state index is 8.76. The highest BCUT2D eigenvalue weighted by molar-refractivity contribution is 6.17. The lowest BCUT2D eigenvalue weighted by Gasteiger charge is -2.28. The third-order valence-electron chi connectivity index (χ3n) is 2.80. The molecule has 0 saturated carbocycles. The van der Waals surface area contributed by atoms with Crippen LogP contribution in [0.15, 0.2) is 18.2 Å². The minimum Gasteiger partial charge on any atom is -0.370 e.